The second kappa shape index (κ2) is 4.49. The molecule has 2 atom stereocenters. The predicted molar refractivity (Wildman–Crippen MR) is 57.0 cm³/mol. The number of halogens is 3. The molecule has 1 aliphatic carbocycles. The minimum atomic E-state index is -4.65. The van der Waals surface area contributed by atoms with E-state index in [9.17, 15) is 12.9 Å². The number of hydrogen-bond acceptors (Lipinski definition) is 1. The summed E-state index contributed by atoms with van der Waals surface area (Å²) in [5.74, 6) is -1.38. The first kappa shape index (κ1) is 11.5. The lowest BCUT2D eigenvalue weighted by atomic mass is 9.82. The maximum Gasteiger partial charge on any atom is 0.481 e. The average Bonchev–Trinajstić information content (AvgIpc) is 2.98. The molecule has 1 saturated carbocycles. The molecule has 0 bridgehead atoms. The highest BCUT2D eigenvalue weighted by molar-refractivity contribution is 6.61. The third-order valence-corrected chi connectivity index (χ3v) is 2.91. The Kier molecular flexibility index (Phi) is 3.24. The third-order valence-electron chi connectivity index (χ3n) is 2.91. The lowest BCUT2D eigenvalue weighted by Gasteiger charge is -2.12. The van der Waals surface area contributed by atoms with E-state index < -0.39 is 12.8 Å². The van der Waals surface area contributed by atoms with Crippen LogP contribution in [0.25, 0.3) is 0 Å². The van der Waals surface area contributed by atoms with Crippen molar-refractivity contribution >= 4 is 6.98 Å². The molecule has 1 aromatic carbocycles. The first-order valence-electron chi connectivity index (χ1n) is 5.39. The summed E-state index contributed by atoms with van der Waals surface area (Å²) < 4.78 is 42.0. The summed E-state index contributed by atoms with van der Waals surface area (Å²) in [4.78, 5) is 0. The number of benzene rings is 1. The van der Waals surface area contributed by atoms with Gasteiger partial charge in [-0.15, -0.1) is 0 Å². The fourth-order valence-corrected chi connectivity index (χ4v) is 1.83. The molecule has 88 valence electrons. The van der Waals surface area contributed by atoms with Crippen LogP contribution in [0.2, 0.25) is 5.82 Å². The van der Waals surface area contributed by atoms with Crippen molar-refractivity contribution in [3.05, 3.63) is 35.9 Å². The molecule has 0 aromatic heterocycles. The third kappa shape index (κ3) is 3.01. The van der Waals surface area contributed by atoms with E-state index in [0.29, 0.717) is 6.61 Å². The van der Waals surface area contributed by atoms with Gasteiger partial charge in [-0.1, -0.05) is 42.6 Å². The molecule has 5 heteroatoms. The first-order chi connectivity index (χ1) is 7.57. The standard InChI is InChI=1S/C11H13BF3O/c13-12(14,15)11-6-10(11)8-16-7-9-4-2-1-3-5-9/h1-5,10-11H,6-8H2/q-1/t10-,11+/m0/s1. The topological polar surface area (TPSA) is 9.23 Å². The van der Waals surface area contributed by atoms with E-state index in [4.69, 9.17) is 4.74 Å². The van der Waals surface area contributed by atoms with Crippen LogP contribution in [0.5, 0.6) is 0 Å². The van der Waals surface area contributed by atoms with Gasteiger partial charge in [0.05, 0.1) is 6.61 Å². The first-order valence-corrected chi connectivity index (χ1v) is 5.39. The molecule has 0 saturated heterocycles. The van der Waals surface area contributed by atoms with Crippen LogP contribution >= 0.6 is 0 Å². The van der Waals surface area contributed by atoms with E-state index in [2.05, 4.69) is 0 Å². The van der Waals surface area contributed by atoms with Crippen molar-refractivity contribution < 1.29 is 17.7 Å². The molecule has 1 aromatic rings. The molecular weight excluding hydrogens is 216 g/mol. The number of ether oxygens (including phenoxy) is 1. The summed E-state index contributed by atoms with van der Waals surface area (Å²) in [5.41, 5.74) is 0.997. The Morgan fingerprint density at radius 1 is 1.19 bits per heavy atom. The molecule has 2 rings (SSSR count). The van der Waals surface area contributed by atoms with Gasteiger partial charge in [0.25, 0.3) is 0 Å². The zero-order valence-corrected chi connectivity index (χ0v) is 8.78. The monoisotopic (exact) mass is 229 g/mol. The second-order valence-corrected chi connectivity index (χ2v) is 4.29. The van der Waals surface area contributed by atoms with Crippen LogP contribution < -0.4 is 0 Å². The summed E-state index contributed by atoms with van der Waals surface area (Å²) in [6.45, 7) is -4.03. The normalized spacial score (nSPS) is 24.4. The molecule has 0 amide bonds. The summed E-state index contributed by atoms with van der Waals surface area (Å²) in [5, 5.41) is 0. The highest BCUT2D eigenvalue weighted by atomic mass is 19.4. The van der Waals surface area contributed by atoms with E-state index in [-0.39, 0.29) is 18.9 Å². The molecule has 0 heterocycles. The van der Waals surface area contributed by atoms with Crippen LogP contribution in [0.1, 0.15) is 12.0 Å². The van der Waals surface area contributed by atoms with Gasteiger partial charge in [-0.25, -0.2) is 0 Å². The van der Waals surface area contributed by atoms with Gasteiger partial charge < -0.3 is 17.7 Å². The maximum atomic E-state index is 12.2. The molecule has 0 N–H and O–H groups in total. The number of hydrogen-bond donors (Lipinski definition) is 0. The summed E-state index contributed by atoms with van der Waals surface area (Å²) in [7, 11) is 0. The average molecular weight is 229 g/mol. The zero-order chi connectivity index (χ0) is 11.6. The Hall–Kier alpha value is -0.965. The smallest absolute Gasteiger partial charge is 0.449 e. The van der Waals surface area contributed by atoms with Crippen LogP contribution in [-0.4, -0.2) is 13.6 Å². The minimum Gasteiger partial charge on any atom is -0.449 e. The summed E-state index contributed by atoms with van der Waals surface area (Å²) >= 11 is 0. The minimum absolute atomic E-state index is 0.223. The van der Waals surface area contributed by atoms with Crippen molar-refractivity contribution in [1.82, 2.24) is 0 Å². The van der Waals surface area contributed by atoms with Crippen molar-refractivity contribution in [3.8, 4) is 0 Å². The molecule has 0 aliphatic heterocycles. The predicted octanol–water partition coefficient (Wildman–Crippen LogP) is 3.44. The molecular formula is C11H13BF3O-. The highest BCUT2D eigenvalue weighted by Gasteiger charge is 2.50. The van der Waals surface area contributed by atoms with Gasteiger partial charge in [-0.3, -0.25) is 0 Å². The van der Waals surface area contributed by atoms with Crippen molar-refractivity contribution in [2.45, 2.75) is 18.8 Å². The van der Waals surface area contributed by atoms with Gasteiger partial charge >= 0.3 is 6.98 Å². The lowest BCUT2D eigenvalue weighted by Crippen LogP contribution is -2.16. The van der Waals surface area contributed by atoms with Crippen LogP contribution in [0.4, 0.5) is 12.9 Å². The SMILES string of the molecule is F[B-](F)(F)[C@@H]1C[C@H]1COCc1ccccc1. The Balaban J connectivity index is 1.68. The molecule has 0 spiro atoms. The fourth-order valence-electron chi connectivity index (χ4n) is 1.83. The van der Waals surface area contributed by atoms with Crippen LogP contribution in [0.15, 0.2) is 30.3 Å². The van der Waals surface area contributed by atoms with E-state index in [1.165, 1.54) is 0 Å². The molecule has 1 nitrogen and oxygen atoms in total. The van der Waals surface area contributed by atoms with Gasteiger partial charge in [-0.05, 0) is 11.5 Å². The fraction of sp³-hybridized carbons (Fsp3) is 0.455. The second-order valence-electron chi connectivity index (χ2n) is 4.29. The van der Waals surface area contributed by atoms with E-state index >= 15 is 0 Å². The lowest BCUT2D eigenvalue weighted by molar-refractivity contribution is 0.110. The highest BCUT2D eigenvalue weighted by Crippen LogP contribution is 2.53. The maximum absolute atomic E-state index is 12.2. The molecule has 0 radical (unpaired) electrons. The van der Waals surface area contributed by atoms with Gasteiger partial charge in [0.2, 0.25) is 0 Å². The van der Waals surface area contributed by atoms with Crippen molar-refractivity contribution in [1.29, 1.82) is 0 Å². The van der Waals surface area contributed by atoms with Crippen LogP contribution in [0, 0.1) is 5.92 Å². The number of rotatable bonds is 5. The quantitative estimate of drug-likeness (QED) is 0.702. The Morgan fingerprint density at radius 2 is 1.88 bits per heavy atom. The van der Waals surface area contributed by atoms with Crippen molar-refractivity contribution in [2.75, 3.05) is 6.61 Å². The van der Waals surface area contributed by atoms with Crippen molar-refractivity contribution in [3.63, 3.8) is 0 Å². The Morgan fingerprint density at radius 3 is 2.44 bits per heavy atom. The van der Waals surface area contributed by atoms with Crippen LogP contribution in [0.3, 0.4) is 0 Å². The summed E-state index contributed by atoms with van der Waals surface area (Å²) in [6, 6.07) is 9.47. The molecule has 0 unspecified atom stereocenters. The molecule has 16 heavy (non-hydrogen) atoms. The zero-order valence-electron chi connectivity index (χ0n) is 8.78. The Bertz CT molecular complexity index is 339. The largest absolute Gasteiger partial charge is 0.481 e. The van der Waals surface area contributed by atoms with Gasteiger partial charge in [-0.2, -0.15) is 0 Å². The van der Waals surface area contributed by atoms with Gasteiger partial charge in [0.1, 0.15) is 0 Å². The molecule has 1 fully saturated rings. The van der Waals surface area contributed by atoms with Crippen LogP contribution in [-0.2, 0) is 11.3 Å². The molecule has 1 aliphatic rings. The van der Waals surface area contributed by atoms with Gasteiger partial charge in [0, 0.05) is 6.61 Å². The summed E-state index contributed by atoms with van der Waals surface area (Å²) in [6.07, 6.45) is 0.248. The van der Waals surface area contributed by atoms with Crippen molar-refractivity contribution in [2.24, 2.45) is 5.92 Å². The van der Waals surface area contributed by atoms with Gasteiger partial charge in [0.15, 0.2) is 0 Å². The van der Waals surface area contributed by atoms with E-state index in [0.717, 1.165) is 5.56 Å². The Labute approximate surface area is 92.7 Å². The van der Waals surface area contributed by atoms with E-state index in [1.807, 2.05) is 30.3 Å². The van der Waals surface area contributed by atoms with E-state index in [1.54, 1.807) is 0 Å².